The molecule has 70 valence electrons. The molecule has 1 aliphatic rings. The molecule has 0 aromatic heterocycles. The van der Waals surface area contributed by atoms with E-state index < -0.39 is 0 Å². The van der Waals surface area contributed by atoms with Crippen LogP contribution in [0.25, 0.3) is 0 Å². The largest absolute Gasteiger partial charge is 0.197 e. The van der Waals surface area contributed by atoms with E-state index in [0.717, 1.165) is 5.92 Å². The van der Waals surface area contributed by atoms with Crippen molar-refractivity contribution in [3.63, 3.8) is 0 Å². The fourth-order valence-corrected chi connectivity index (χ4v) is 1.97. The molecule has 11 heavy (non-hydrogen) atoms. The average Bonchev–Trinajstić information content (AvgIpc) is 2.37. The van der Waals surface area contributed by atoms with E-state index in [-0.39, 0.29) is 27.0 Å². The summed E-state index contributed by atoms with van der Waals surface area (Å²) >= 11 is 4.53. The minimum Gasteiger partial charge on any atom is -0.197 e. The molecular formula is C8H20S3. The standard InChI is InChI=1S/C8H16S.2H2S/c1-2-8(9)7-5-3-4-6-7;;/h7-9H,2-6H2,1H3;2*1H2/t8-;;/m1../s1. The third-order valence-corrected chi connectivity index (χ3v) is 3.15. The smallest absolute Gasteiger partial charge is 0.00424 e. The fourth-order valence-electron chi connectivity index (χ4n) is 1.68. The van der Waals surface area contributed by atoms with E-state index >= 15 is 0 Å². The van der Waals surface area contributed by atoms with Gasteiger partial charge in [-0.1, -0.05) is 19.8 Å². The quantitative estimate of drug-likeness (QED) is 0.668. The van der Waals surface area contributed by atoms with Crippen LogP contribution in [0.1, 0.15) is 39.0 Å². The lowest BCUT2D eigenvalue weighted by Gasteiger charge is -2.14. The first-order valence-corrected chi connectivity index (χ1v) is 4.54. The molecule has 1 saturated carbocycles. The van der Waals surface area contributed by atoms with Gasteiger partial charge in [-0.3, -0.25) is 0 Å². The second kappa shape index (κ2) is 7.69. The van der Waals surface area contributed by atoms with Crippen LogP contribution < -0.4 is 0 Å². The highest BCUT2D eigenvalue weighted by Crippen LogP contribution is 2.31. The van der Waals surface area contributed by atoms with Gasteiger partial charge in [-0.25, -0.2) is 0 Å². The summed E-state index contributed by atoms with van der Waals surface area (Å²) in [6.45, 7) is 2.23. The zero-order valence-corrected chi connectivity index (χ0v) is 10.0. The molecule has 0 amide bonds. The maximum atomic E-state index is 4.53. The van der Waals surface area contributed by atoms with Crippen LogP contribution in [0.3, 0.4) is 0 Å². The zero-order chi connectivity index (χ0) is 6.69. The maximum absolute atomic E-state index is 4.53. The lowest BCUT2D eigenvalue weighted by Crippen LogP contribution is -2.09. The topological polar surface area (TPSA) is 0 Å². The van der Waals surface area contributed by atoms with Gasteiger partial charge in [0.05, 0.1) is 0 Å². The summed E-state index contributed by atoms with van der Waals surface area (Å²) < 4.78 is 0. The average molecular weight is 212 g/mol. The highest BCUT2D eigenvalue weighted by Gasteiger charge is 2.20. The van der Waals surface area contributed by atoms with Crippen LogP contribution in [0.2, 0.25) is 0 Å². The van der Waals surface area contributed by atoms with Gasteiger partial charge in [-0.2, -0.15) is 39.6 Å². The van der Waals surface area contributed by atoms with Gasteiger partial charge in [-0.15, -0.1) is 0 Å². The van der Waals surface area contributed by atoms with Crippen LogP contribution >= 0.6 is 39.6 Å². The minimum atomic E-state index is 0. The molecule has 0 aromatic carbocycles. The van der Waals surface area contributed by atoms with Crippen LogP contribution in [-0.4, -0.2) is 5.25 Å². The molecule has 0 radical (unpaired) electrons. The van der Waals surface area contributed by atoms with Gasteiger partial charge in [0.1, 0.15) is 0 Å². The first kappa shape index (κ1) is 14.6. The molecule has 1 rings (SSSR count). The molecule has 0 heterocycles. The highest BCUT2D eigenvalue weighted by atomic mass is 32.1. The third-order valence-electron chi connectivity index (χ3n) is 2.36. The van der Waals surface area contributed by atoms with E-state index in [0.29, 0.717) is 5.25 Å². The monoisotopic (exact) mass is 212 g/mol. The maximum Gasteiger partial charge on any atom is 0.00424 e. The first-order chi connectivity index (χ1) is 4.34. The number of hydrogen-bond donors (Lipinski definition) is 1. The van der Waals surface area contributed by atoms with Crippen molar-refractivity contribution in [3.05, 3.63) is 0 Å². The molecule has 0 spiro atoms. The summed E-state index contributed by atoms with van der Waals surface area (Å²) in [5.41, 5.74) is 0. The van der Waals surface area contributed by atoms with Gasteiger partial charge in [0, 0.05) is 5.25 Å². The van der Waals surface area contributed by atoms with Crippen LogP contribution in [0.5, 0.6) is 0 Å². The molecule has 0 aromatic rings. The molecule has 0 aliphatic heterocycles. The Labute approximate surface area is 89.8 Å². The summed E-state index contributed by atoms with van der Waals surface area (Å²) in [5.74, 6) is 0.943. The Balaban J connectivity index is 0. The SMILES string of the molecule is CC[C@@H](S)C1CCCC1.S.S. The summed E-state index contributed by atoms with van der Waals surface area (Å²) in [6.07, 6.45) is 7.00. The Morgan fingerprint density at radius 2 is 1.73 bits per heavy atom. The van der Waals surface area contributed by atoms with E-state index in [4.69, 9.17) is 0 Å². The molecule has 0 saturated heterocycles. The minimum absolute atomic E-state index is 0. The van der Waals surface area contributed by atoms with Crippen molar-refractivity contribution in [1.82, 2.24) is 0 Å². The Hall–Kier alpha value is 1.05. The van der Waals surface area contributed by atoms with Crippen molar-refractivity contribution < 1.29 is 0 Å². The van der Waals surface area contributed by atoms with E-state index in [1.54, 1.807) is 0 Å². The van der Waals surface area contributed by atoms with Crippen LogP contribution in [-0.2, 0) is 0 Å². The molecule has 0 bridgehead atoms. The number of thiol groups is 1. The summed E-state index contributed by atoms with van der Waals surface area (Å²) in [7, 11) is 0. The number of rotatable bonds is 2. The van der Waals surface area contributed by atoms with Gasteiger partial charge >= 0.3 is 0 Å². The van der Waals surface area contributed by atoms with Gasteiger partial charge in [0.25, 0.3) is 0 Å². The van der Waals surface area contributed by atoms with Crippen LogP contribution in [0.4, 0.5) is 0 Å². The van der Waals surface area contributed by atoms with E-state index in [1.807, 2.05) is 0 Å². The summed E-state index contributed by atoms with van der Waals surface area (Å²) in [4.78, 5) is 0. The summed E-state index contributed by atoms with van der Waals surface area (Å²) in [5, 5.41) is 0.688. The normalized spacial score (nSPS) is 20.2. The van der Waals surface area contributed by atoms with Crippen molar-refractivity contribution >= 4 is 39.6 Å². The van der Waals surface area contributed by atoms with E-state index in [2.05, 4.69) is 19.6 Å². The van der Waals surface area contributed by atoms with Crippen LogP contribution in [0, 0.1) is 5.92 Å². The van der Waals surface area contributed by atoms with Gasteiger partial charge in [-0.05, 0) is 25.2 Å². The van der Waals surface area contributed by atoms with Crippen molar-refractivity contribution in [2.45, 2.75) is 44.3 Å². The molecule has 0 N–H and O–H groups in total. The van der Waals surface area contributed by atoms with E-state index in [1.165, 1.54) is 32.1 Å². The first-order valence-electron chi connectivity index (χ1n) is 4.02. The van der Waals surface area contributed by atoms with Gasteiger partial charge < -0.3 is 0 Å². The third kappa shape index (κ3) is 4.58. The molecular weight excluding hydrogens is 192 g/mol. The second-order valence-electron chi connectivity index (χ2n) is 3.02. The highest BCUT2D eigenvalue weighted by molar-refractivity contribution is 7.81. The van der Waals surface area contributed by atoms with Crippen molar-refractivity contribution in [3.8, 4) is 0 Å². The van der Waals surface area contributed by atoms with Gasteiger partial charge in [0.15, 0.2) is 0 Å². The predicted molar refractivity (Wildman–Crippen MR) is 65.8 cm³/mol. The van der Waals surface area contributed by atoms with E-state index in [9.17, 15) is 0 Å². The zero-order valence-electron chi connectivity index (χ0n) is 7.14. The Morgan fingerprint density at radius 1 is 1.27 bits per heavy atom. The summed E-state index contributed by atoms with van der Waals surface area (Å²) in [6, 6.07) is 0. The number of hydrogen-bond acceptors (Lipinski definition) is 1. The Bertz CT molecular complexity index is 79.4. The Morgan fingerprint density at radius 3 is 2.09 bits per heavy atom. The lowest BCUT2D eigenvalue weighted by atomic mass is 10.0. The molecule has 1 fully saturated rings. The van der Waals surface area contributed by atoms with Gasteiger partial charge in [0.2, 0.25) is 0 Å². The molecule has 1 atom stereocenters. The van der Waals surface area contributed by atoms with Crippen molar-refractivity contribution in [1.29, 1.82) is 0 Å². The molecule has 0 unspecified atom stereocenters. The fraction of sp³-hybridized carbons (Fsp3) is 1.00. The molecule has 3 heteroatoms. The Kier molecular flexibility index (Phi) is 10.2. The van der Waals surface area contributed by atoms with Crippen LogP contribution in [0.15, 0.2) is 0 Å². The van der Waals surface area contributed by atoms with Crippen molar-refractivity contribution in [2.24, 2.45) is 5.92 Å². The predicted octanol–water partition coefficient (Wildman–Crippen LogP) is 3.11. The molecule has 0 nitrogen and oxygen atoms in total. The lowest BCUT2D eigenvalue weighted by molar-refractivity contribution is 0.514. The second-order valence-corrected chi connectivity index (χ2v) is 3.68. The molecule has 1 aliphatic carbocycles. The van der Waals surface area contributed by atoms with Crippen molar-refractivity contribution in [2.75, 3.05) is 0 Å².